The fourth-order valence-electron chi connectivity index (χ4n) is 2.04. The molecule has 0 aromatic carbocycles. The van der Waals surface area contributed by atoms with Crippen LogP contribution in [-0.2, 0) is 14.8 Å². The van der Waals surface area contributed by atoms with E-state index in [0.717, 1.165) is 19.3 Å². The molecule has 2 saturated heterocycles. The molecule has 2 aliphatic rings. The summed E-state index contributed by atoms with van der Waals surface area (Å²) in [5.74, 6) is -0.930. The van der Waals surface area contributed by atoms with Crippen LogP contribution in [0.15, 0.2) is 0 Å². The standard InChI is InChI=1S/C9H15N3O4S/c13-8-7(10-9(14)11-8)6-17(15,16)12-4-2-1-3-5-12/h7H,1-6H2,(H2,10,11,13,14). The molecule has 0 radical (unpaired) electrons. The van der Waals surface area contributed by atoms with Crippen LogP contribution < -0.4 is 10.6 Å². The van der Waals surface area contributed by atoms with E-state index in [0.29, 0.717) is 13.1 Å². The maximum Gasteiger partial charge on any atom is 0.322 e. The van der Waals surface area contributed by atoms with E-state index < -0.39 is 28.0 Å². The van der Waals surface area contributed by atoms with Gasteiger partial charge in [0.2, 0.25) is 10.0 Å². The highest BCUT2D eigenvalue weighted by atomic mass is 32.2. The molecule has 0 saturated carbocycles. The summed E-state index contributed by atoms with van der Waals surface area (Å²) in [6.07, 6.45) is 2.73. The van der Waals surface area contributed by atoms with Crippen molar-refractivity contribution in [3.63, 3.8) is 0 Å². The van der Waals surface area contributed by atoms with E-state index in [4.69, 9.17) is 0 Å². The summed E-state index contributed by atoms with van der Waals surface area (Å²) < 4.78 is 25.4. The molecule has 8 heteroatoms. The molecule has 1 atom stereocenters. The van der Waals surface area contributed by atoms with Crippen LogP contribution in [0, 0.1) is 0 Å². The van der Waals surface area contributed by atoms with Gasteiger partial charge in [-0.15, -0.1) is 0 Å². The zero-order valence-corrected chi connectivity index (χ0v) is 10.1. The van der Waals surface area contributed by atoms with E-state index in [-0.39, 0.29) is 5.75 Å². The van der Waals surface area contributed by atoms with Crippen molar-refractivity contribution >= 4 is 22.0 Å². The van der Waals surface area contributed by atoms with Crippen LogP contribution in [0.4, 0.5) is 4.79 Å². The number of rotatable bonds is 3. The zero-order chi connectivity index (χ0) is 12.5. The smallest absolute Gasteiger partial charge is 0.322 e. The summed E-state index contributed by atoms with van der Waals surface area (Å²) >= 11 is 0. The molecule has 2 fully saturated rings. The van der Waals surface area contributed by atoms with E-state index in [2.05, 4.69) is 5.32 Å². The molecular weight excluding hydrogens is 246 g/mol. The Morgan fingerprint density at radius 1 is 1.18 bits per heavy atom. The highest BCUT2D eigenvalue weighted by Crippen LogP contribution is 2.14. The normalized spacial score (nSPS) is 26.7. The van der Waals surface area contributed by atoms with Crippen LogP contribution in [0.3, 0.4) is 0 Å². The second kappa shape index (κ2) is 4.61. The SMILES string of the molecule is O=C1NC(=O)C(CS(=O)(=O)N2CCCCC2)N1. The molecule has 0 aromatic heterocycles. The number of sulfonamides is 1. The van der Waals surface area contributed by atoms with Crippen LogP contribution in [0.25, 0.3) is 0 Å². The largest absolute Gasteiger partial charge is 0.325 e. The third kappa shape index (κ3) is 2.75. The molecule has 3 amide bonds. The number of carbonyl (C=O) groups is 2. The predicted molar refractivity (Wildman–Crippen MR) is 59.7 cm³/mol. The van der Waals surface area contributed by atoms with Gasteiger partial charge in [0.05, 0.1) is 5.75 Å². The van der Waals surface area contributed by atoms with Gasteiger partial charge in [-0.1, -0.05) is 6.42 Å². The Kier molecular flexibility index (Phi) is 3.34. The number of amides is 3. The maximum absolute atomic E-state index is 12.0. The summed E-state index contributed by atoms with van der Waals surface area (Å²) in [4.78, 5) is 22.1. The molecule has 0 spiro atoms. The molecule has 2 heterocycles. The van der Waals surface area contributed by atoms with Crippen molar-refractivity contribution in [3.8, 4) is 0 Å². The van der Waals surface area contributed by atoms with Crippen LogP contribution in [0.5, 0.6) is 0 Å². The van der Waals surface area contributed by atoms with Crippen LogP contribution in [0.2, 0.25) is 0 Å². The molecule has 7 nitrogen and oxygen atoms in total. The summed E-state index contributed by atoms with van der Waals surface area (Å²) in [6, 6.07) is -1.59. The van der Waals surface area contributed by atoms with Crippen molar-refractivity contribution < 1.29 is 18.0 Å². The summed E-state index contributed by atoms with van der Waals surface area (Å²) in [7, 11) is -3.47. The van der Waals surface area contributed by atoms with Gasteiger partial charge >= 0.3 is 6.03 Å². The summed E-state index contributed by atoms with van der Waals surface area (Å²) in [6.45, 7) is 1.01. The molecule has 2 N–H and O–H groups in total. The number of imide groups is 1. The lowest BCUT2D eigenvalue weighted by molar-refractivity contribution is -0.119. The first-order valence-corrected chi connectivity index (χ1v) is 7.19. The first-order valence-electron chi connectivity index (χ1n) is 5.58. The summed E-state index contributed by atoms with van der Waals surface area (Å²) in [5, 5.41) is 4.31. The Bertz CT molecular complexity index is 428. The Morgan fingerprint density at radius 3 is 2.35 bits per heavy atom. The van der Waals surface area contributed by atoms with Crippen molar-refractivity contribution in [2.45, 2.75) is 25.3 Å². The third-order valence-corrected chi connectivity index (χ3v) is 4.85. The van der Waals surface area contributed by atoms with Gasteiger partial charge in [-0.25, -0.2) is 17.5 Å². The van der Waals surface area contributed by atoms with Crippen molar-refractivity contribution in [2.75, 3.05) is 18.8 Å². The monoisotopic (exact) mass is 261 g/mol. The van der Waals surface area contributed by atoms with E-state index in [1.54, 1.807) is 0 Å². The van der Waals surface area contributed by atoms with E-state index >= 15 is 0 Å². The fraction of sp³-hybridized carbons (Fsp3) is 0.778. The Morgan fingerprint density at radius 2 is 1.82 bits per heavy atom. The van der Waals surface area contributed by atoms with Gasteiger partial charge in [-0.2, -0.15) is 0 Å². The molecular formula is C9H15N3O4S. The Labute approximate surface area is 99.6 Å². The molecule has 96 valence electrons. The maximum atomic E-state index is 12.0. The quantitative estimate of drug-likeness (QED) is 0.638. The van der Waals surface area contributed by atoms with Crippen molar-refractivity contribution in [1.82, 2.24) is 14.9 Å². The predicted octanol–water partition coefficient (Wildman–Crippen LogP) is -0.990. The first-order chi connectivity index (χ1) is 7.99. The molecule has 17 heavy (non-hydrogen) atoms. The fourth-order valence-corrected chi connectivity index (χ4v) is 3.72. The molecule has 2 aliphatic heterocycles. The van der Waals surface area contributed by atoms with E-state index in [9.17, 15) is 18.0 Å². The minimum atomic E-state index is -3.47. The Hall–Kier alpha value is -1.15. The highest BCUT2D eigenvalue weighted by molar-refractivity contribution is 7.89. The van der Waals surface area contributed by atoms with E-state index in [1.807, 2.05) is 5.32 Å². The average Bonchev–Trinajstić information content (AvgIpc) is 2.58. The molecule has 0 aromatic rings. The highest BCUT2D eigenvalue weighted by Gasteiger charge is 2.36. The van der Waals surface area contributed by atoms with Crippen LogP contribution >= 0.6 is 0 Å². The lowest BCUT2D eigenvalue weighted by Gasteiger charge is -2.26. The van der Waals surface area contributed by atoms with Gasteiger partial charge in [-0.3, -0.25) is 10.1 Å². The zero-order valence-electron chi connectivity index (χ0n) is 9.31. The van der Waals surface area contributed by atoms with E-state index in [1.165, 1.54) is 4.31 Å². The second-order valence-electron chi connectivity index (χ2n) is 4.25. The Balaban J connectivity index is 2.01. The third-order valence-electron chi connectivity index (χ3n) is 2.94. The van der Waals surface area contributed by atoms with Crippen molar-refractivity contribution in [3.05, 3.63) is 0 Å². The number of hydrogen-bond donors (Lipinski definition) is 2. The number of hydrogen-bond acceptors (Lipinski definition) is 4. The number of piperidine rings is 1. The van der Waals surface area contributed by atoms with Gasteiger partial charge in [0.1, 0.15) is 6.04 Å². The number of urea groups is 1. The van der Waals surface area contributed by atoms with Crippen LogP contribution in [-0.4, -0.2) is 49.5 Å². The van der Waals surface area contributed by atoms with Crippen molar-refractivity contribution in [1.29, 1.82) is 0 Å². The number of nitrogens with zero attached hydrogens (tertiary/aromatic N) is 1. The molecule has 0 bridgehead atoms. The van der Waals surface area contributed by atoms with Crippen LogP contribution in [0.1, 0.15) is 19.3 Å². The van der Waals surface area contributed by atoms with Crippen molar-refractivity contribution in [2.24, 2.45) is 0 Å². The topological polar surface area (TPSA) is 95.6 Å². The molecule has 1 unspecified atom stereocenters. The first kappa shape index (κ1) is 12.3. The van der Waals surface area contributed by atoms with Gasteiger partial charge in [0, 0.05) is 13.1 Å². The minimum Gasteiger partial charge on any atom is -0.325 e. The van der Waals surface area contributed by atoms with Gasteiger partial charge in [-0.05, 0) is 12.8 Å². The minimum absolute atomic E-state index is 0.357. The lowest BCUT2D eigenvalue weighted by atomic mass is 10.2. The lowest BCUT2D eigenvalue weighted by Crippen LogP contribution is -2.44. The molecule has 2 rings (SSSR count). The van der Waals surface area contributed by atoms with Gasteiger partial charge in [0.25, 0.3) is 5.91 Å². The second-order valence-corrected chi connectivity index (χ2v) is 6.27. The summed E-state index contributed by atoms with van der Waals surface area (Å²) in [5.41, 5.74) is 0. The number of carbonyl (C=O) groups excluding carboxylic acids is 2. The molecule has 0 aliphatic carbocycles. The average molecular weight is 261 g/mol. The number of nitrogens with one attached hydrogen (secondary N) is 2. The van der Waals surface area contributed by atoms with Gasteiger partial charge in [0.15, 0.2) is 0 Å². The van der Waals surface area contributed by atoms with Gasteiger partial charge < -0.3 is 5.32 Å².